The zero-order valence-electron chi connectivity index (χ0n) is 18.5. The number of carbonyl (C=O) groups is 1. The van der Waals surface area contributed by atoms with E-state index in [1.54, 1.807) is 30.0 Å². The van der Waals surface area contributed by atoms with E-state index in [1.807, 2.05) is 19.1 Å². The third-order valence-electron chi connectivity index (χ3n) is 6.56. The number of amides is 1. The van der Waals surface area contributed by atoms with E-state index in [0.717, 1.165) is 42.7 Å². The minimum absolute atomic E-state index is 0.320. The van der Waals surface area contributed by atoms with E-state index in [-0.39, 0.29) is 11.9 Å². The number of rotatable bonds is 3. The van der Waals surface area contributed by atoms with Crippen molar-refractivity contribution in [1.82, 2.24) is 14.9 Å². The Balaban J connectivity index is 1.52. The maximum atomic E-state index is 14.6. The van der Waals surface area contributed by atoms with Gasteiger partial charge >= 0.3 is 6.09 Å². The molecule has 1 spiro atoms. The highest BCUT2D eigenvalue weighted by molar-refractivity contribution is 5.98. The maximum absolute atomic E-state index is 14.6. The number of likely N-dealkylation sites (tertiary alicyclic amines) is 1. The Morgan fingerprint density at radius 2 is 1.91 bits per heavy atom. The second-order valence-electron chi connectivity index (χ2n) is 8.88. The van der Waals surface area contributed by atoms with Crippen molar-refractivity contribution in [3.05, 3.63) is 53.6 Å². The van der Waals surface area contributed by atoms with Crippen molar-refractivity contribution in [2.45, 2.75) is 32.3 Å². The van der Waals surface area contributed by atoms with Crippen molar-refractivity contribution in [1.29, 1.82) is 0 Å². The van der Waals surface area contributed by atoms with Crippen molar-refractivity contribution < 1.29 is 13.9 Å². The smallest absolute Gasteiger partial charge is 0.415 e. The molecule has 8 heteroatoms. The van der Waals surface area contributed by atoms with Gasteiger partial charge in [-0.1, -0.05) is 12.1 Å². The molecule has 0 radical (unpaired) electrons. The van der Waals surface area contributed by atoms with E-state index in [1.165, 1.54) is 6.33 Å². The molecule has 1 N–H and O–H groups in total. The summed E-state index contributed by atoms with van der Waals surface area (Å²) in [5.41, 5.74) is 2.86. The Bertz CT molecular complexity index is 1210. The molecule has 0 saturated carbocycles. The number of benzene rings is 2. The summed E-state index contributed by atoms with van der Waals surface area (Å²) in [6.45, 7) is 6.01. The lowest BCUT2D eigenvalue weighted by Crippen LogP contribution is -2.45. The Morgan fingerprint density at radius 1 is 1.12 bits per heavy atom. The molecule has 5 rings (SSSR count). The van der Waals surface area contributed by atoms with Crippen molar-refractivity contribution >= 4 is 34.2 Å². The van der Waals surface area contributed by atoms with Crippen LogP contribution in [0.15, 0.2) is 36.7 Å². The molecule has 3 aromatic rings. The molecule has 2 saturated heterocycles. The van der Waals surface area contributed by atoms with Crippen molar-refractivity contribution in [3.8, 4) is 0 Å². The van der Waals surface area contributed by atoms with Crippen LogP contribution in [0, 0.1) is 19.7 Å². The average molecular weight is 436 g/mol. The zero-order chi connectivity index (χ0) is 22.5. The lowest BCUT2D eigenvalue weighted by Gasteiger charge is -2.35. The number of carbonyl (C=O) groups excluding carboxylic acids is 1. The monoisotopic (exact) mass is 435 g/mol. The van der Waals surface area contributed by atoms with Gasteiger partial charge in [-0.2, -0.15) is 0 Å². The van der Waals surface area contributed by atoms with Crippen LogP contribution in [0.5, 0.6) is 0 Å². The third-order valence-corrected chi connectivity index (χ3v) is 6.56. The van der Waals surface area contributed by atoms with E-state index in [4.69, 9.17) is 4.74 Å². The largest absolute Gasteiger partial charge is 0.441 e. The molecular weight excluding hydrogens is 409 g/mol. The number of aromatic nitrogens is 2. The number of anilines is 3. The summed E-state index contributed by atoms with van der Waals surface area (Å²) < 4.78 is 20.5. The standard InChI is InChI=1S/C24H26FN5O2/c1-15-5-4-6-18(21(15)25)28-22-17-12-20(16(2)11-19(17)26-14-27-22)30-13-24(32-23(30)31)7-9-29(3)10-8-24/h4-6,11-12,14H,7-10,13H2,1-3H3,(H,26,27,28). The lowest BCUT2D eigenvalue weighted by atomic mass is 9.91. The first-order valence-corrected chi connectivity index (χ1v) is 10.8. The Labute approximate surface area is 186 Å². The van der Waals surface area contributed by atoms with Crippen LogP contribution in [-0.2, 0) is 4.74 Å². The van der Waals surface area contributed by atoms with Gasteiger partial charge in [-0.15, -0.1) is 0 Å². The third kappa shape index (κ3) is 3.54. The molecule has 166 valence electrons. The summed E-state index contributed by atoms with van der Waals surface area (Å²) in [6.07, 6.45) is 2.77. The molecule has 0 unspecified atom stereocenters. The summed E-state index contributed by atoms with van der Waals surface area (Å²) in [5, 5.41) is 3.81. The quantitative estimate of drug-likeness (QED) is 0.651. The predicted molar refractivity (Wildman–Crippen MR) is 122 cm³/mol. The summed E-state index contributed by atoms with van der Waals surface area (Å²) in [4.78, 5) is 25.6. The predicted octanol–water partition coefficient (Wildman–Crippen LogP) is 4.55. The fourth-order valence-electron chi connectivity index (χ4n) is 4.55. The molecule has 0 bridgehead atoms. The Hall–Kier alpha value is -3.26. The van der Waals surface area contributed by atoms with Crippen molar-refractivity contribution in [2.75, 3.05) is 36.9 Å². The summed E-state index contributed by atoms with van der Waals surface area (Å²) in [6, 6.07) is 9.01. The fraction of sp³-hybridized carbons (Fsp3) is 0.375. The molecule has 2 aromatic carbocycles. The lowest BCUT2D eigenvalue weighted by molar-refractivity contribution is 0.00678. The SMILES string of the molecule is Cc1cc2ncnc(Nc3cccc(C)c3F)c2cc1N1CC2(CCN(C)CC2)OC1=O. The molecular formula is C24H26FN5O2. The number of halogens is 1. The van der Waals surface area contributed by atoms with Gasteiger partial charge in [-0.05, 0) is 50.2 Å². The number of aryl methyl sites for hydroxylation is 2. The first kappa shape index (κ1) is 20.6. The Kier molecular flexibility index (Phi) is 4.97. The number of ether oxygens (including phenoxy) is 1. The topological polar surface area (TPSA) is 70.6 Å². The van der Waals surface area contributed by atoms with Gasteiger partial charge in [0.05, 0.1) is 23.4 Å². The summed E-state index contributed by atoms with van der Waals surface area (Å²) in [5.74, 6) is 0.168. The first-order chi connectivity index (χ1) is 15.3. The Morgan fingerprint density at radius 3 is 2.69 bits per heavy atom. The van der Waals surface area contributed by atoms with Crippen molar-refractivity contribution in [3.63, 3.8) is 0 Å². The zero-order valence-corrected chi connectivity index (χ0v) is 18.5. The van der Waals surface area contributed by atoms with Crippen LogP contribution in [0.25, 0.3) is 10.9 Å². The van der Waals surface area contributed by atoms with E-state index in [2.05, 4.69) is 27.2 Å². The van der Waals surface area contributed by atoms with Crippen LogP contribution in [-0.4, -0.2) is 53.2 Å². The van der Waals surface area contributed by atoms with E-state index >= 15 is 0 Å². The van der Waals surface area contributed by atoms with Gasteiger partial charge in [-0.3, -0.25) is 4.90 Å². The number of fused-ring (bicyclic) bond motifs is 1. The van der Waals surface area contributed by atoms with E-state index in [0.29, 0.717) is 29.0 Å². The van der Waals surface area contributed by atoms with Gasteiger partial charge in [0, 0.05) is 31.3 Å². The van der Waals surface area contributed by atoms with Crippen LogP contribution < -0.4 is 10.2 Å². The fourth-order valence-corrected chi connectivity index (χ4v) is 4.55. The number of hydrogen-bond donors (Lipinski definition) is 1. The maximum Gasteiger partial charge on any atom is 0.415 e. The van der Waals surface area contributed by atoms with Gasteiger partial charge in [0.15, 0.2) is 0 Å². The number of nitrogens with one attached hydrogen (secondary N) is 1. The molecule has 3 heterocycles. The first-order valence-electron chi connectivity index (χ1n) is 10.8. The number of hydrogen-bond acceptors (Lipinski definition) is 6. The molecule has 7 nitrogen and oxygen atoms in total. The molecule has 32 heavy (non-hydrogen) atoms. The van der Waals surface area contributed by atoms with Gasteiger partial charge in [0.1, 0.15) is 23.6 Å². The van der Waals surface area contributed by atoms with E-state index in [9.17, 15) is 9.18 Å². The molecule has 1 aromatic heterocycles. The van der Waals surface area contributed by atoms with Crippen LogP contribution in [0.3, 0.4) is 0 Å². The molecule has 2 fully saturated rings. The summed E-state index contributed by atoms with van der Waals surface area (Å²) >= 11 is 0. The normalized spacial score (nSPS) is 18.4. The van der Waals surface area contributed by atoms with Crippen LogP contribution in [0.4, 0.5) is 26.4 Å². The minimum atomic E-state index is -0.441. The number of nitrogens with zero attached hydrogens (tertiary/aromatic N) is 4. The van der Waals surface area contributed by atoms with Crippen LogP contribution in [0.1, 0.15) is 24.0 Å². The van der Waals surface area contributed by atoms with Crippen molar-refractivity contribution in [2.24, 2.45) is 0 Å². The van der Waals surface area contributed by atoms with Gasteiger partial charge in [-0.25, -0.2) is 19.2 Å². The van der Waals surface area contributed by atoms with Gasteiger partial charge in [0.25, 0.3) is 0 Å². The minimum Gasteiger partial charge on any atom is -0.441 e. The van der Waals surface area contributed by atoms with E-state index < -0.39 is 5.60 Å². The average Bonchev–Trinajstić information content (AvgIpc) is 3.09. The van der Waals surface area contributed by atoms with Crippen LogP contribution >= 0.6 is 0 Å². The summed E-state index contributed by atoms with van der Waals surface area (Å²) in [7, 11) is 2.08. The molecule has 1 amide bonds. The molecule has 0 atom stereocenters. The second-order valence-corrected chi connectivity index (χ2v) is 8.88. The molecule has 2 aliphatic rings. The highest BCUT2D eigenvalue weighted by Crippen LogP contribution is 2.38. The molecule has 0 aliphatic carbocycles. The highest BCUT2D eigenvalue weighted by atomic mass is 19.1. The highest BCUT2D eigenvalue weighted by Gasteiger charge is 2.47. The molecule has 2 aliphatic heterocycles. The second kappa shape index (κ2) is 7.70. The number of piperidine rings is 1. The van der Waals surface area contributed by atoms with Gasteiger partial charge < -0.3 is 15.0 Å². The van der Waals surface area contributed by atoms with Gasteiger partial charge in [0.2, 0.25) is 0 Å². The van der Waals surface area contributed by atoms with Crippen LogP contribution in [0.2, 0.25) is 0 Å².